The molecule has 7 heteroatoms. The largest absolute Gasteiger partial charge is 0.398 e. The maximum absolute atomic E-state index is 13.1. The molecule has 4 amide bonds. The van der Waals surface area contributed by atoms with E-state index in [1.165, 1.54) is 0 Å². The van der Waals surface area contributed by atoms with Gasteiger partial charge in [-0.15, -0.1) is 0 Å². The lowest BCUT2D eigenvalue weighted by Gasteiger charge is -2.30. The van der Waals surface area contributed by atoms with Crippen molar-refractivity contribution in [1.82, 2.24) is 10.2 Å². The first-order chi connectivity index (χ1) is 13.0. The highest BCUT2D eigenvalue weighted by molar-refractivity contribution is 6.07. The second-order valence-electron chi connectivity index (χ2n) is 6.74. The number of nitrogens with two attached hydrogens (primary N) is 1. The van der Waals surface area contributed by atoms with Crippen molar-refractivity contribution in [3.05, 3.63) is 59.2 Å². The van der Waals surface area contributed by atoms with Gasteiger partial charge in [0, 0.05) is 23.5 Å². The highest BCUT2D eigenvalue weighted by Gasteiger charge is 2.29. The Kier molecular flexibility index (Phi) is 4.27. The van der Waals surface area contributed by atoms with Crippen LogP contribution in [0.5, 0.6) is 0 Å². The van der Waals surface area contributed by atoms with Gasteiger partial charge in [0.1, 0.15) is 0 Å². The number of nitrogens with one attached hydrogen (secondary N) is 1. The molecule has 0 aromatic heterocycles. The Hall–Kier alpha value is -3.35. The average molecular weight is 364 g/mol. The highest BCUT2D eigenvalue weighted by Crippen LogP contribution is 2.32. The van der Waals surface area contributed by atoms with Crippen molar-refractivity contribution in [2.45, 2.75) is 19.4 Å². The van der Waals surface area contributed by atoms with Crippen LogP contribution in [-0.2, 0) is 17.8 Å². The lowest BCUT2D eigenvalue weighted by Crippen LogP contribution is -2.36. The molecule has 0 bridgehead atoms. The van der Waals surface area contributed by atoms with Crippen LogP contribution >= 0.6 is 0 Å². The van der Waals surface area contributed by atoms with Crippen LogP contribution in [0.2, 0.25) is 0 Å². The van der Waals surface area contributed by atoms with Gasteiger partial charge in [0.05, 0.1) is 13.1 Å². The van der Waals surface area contributed by atoms with Crippen LogP contribution in [0.15, 0.2) is 42.5 Å². The van der Waals surface area contributed by atoms with E-state index in [0.717, 1.165) is 34.6 Å². The van der Waals surface area contributed by atoms with Crippen LogP contribution in [0.3, 0.4) is 0 Å². The minimum absolute atomic E-state index is 0.0173. The number of nitrogen functional groups attached to an aromatic ring is 1. The van der Waals surface area contributed by atoms with Gasteiger partial charge >= 0.3 is 6.03 Å². The number of hydrogen-bond donors (Lipinski definition) is 2. The van der Waals surface area contributed by atoms with Crippen LogP contribution in [0, 0.1) is 0 Å². The zero-order valence-corrected chi connectivity index (χ0v) is 14.8. The van der Waals surface area contributed by atoms with Gasteiger partial charge in [-0.3, -0.25) is 14.5 Å². The summed E-state index contributed by atoms with van der Waals surface area (Å²) in [6.45, 7) is 0.797. The molecule has 2 aliphatic rings. The molecule has 3 N–H and O–H groups in total. The van der Waals surface area contributed by atoms with E-state index in [2.05, 4.69) is 5.32 Å². The summed E-state index contributed by atoms with van der Waals surface area (Å²) in [7, 11) is 0. The number of amides is 4. The molecule has 27 heavy (non-hydrogen) atoms. The Morgan fingerprint density at radius 2 is 1.96 bits per heavy atom. The van der Waals surface area contributed by atoms with Crippen LogP contribution in [0.4, 0.5) is 16.2 Å². The fraction of sp³-hybridized carbons (Fsp3) is 0.250. The van der Waals surface area contributed by atoms with E-state index in [9.17, 15) is 14.4 Å². The molecule has 0 atom stereocenters. The lowest BCUT2D eigenvalue weighted by atomic mass is 9.98. The SMILES string of the molecule is Nc1cccc2c1CCCN2C(=O)c1cccc(CN2C(=O)CNC2=O)c1. The Morgan fingerprint density at radius 3 is 2.74 bits per heavy atom. The number of hydrogen-bond acceptors (Lipinski definition) is 4. The monoisotopic (exact) mass is 364 g/mol. The molecule has 1 saturated heterocycles. The van der Waals surface area contributed by atoms with E-state index in [4.69, 9.17) is 5.73 Å². The second kappa shape index (κ2) is 6.75. The quantitative estimate of drug-likeness (QED) is 0.642. The van der Waals surface area contributed by atoms with Crippen molar-refractivity contribution in [3.63, 3.8) is 0 Å². The van der Waals surface area contributed by atoms with Gasteiger partial charge in [-0.25, -0.2) is 4.79 Å². The van der Waals surface area contributed by atoms with E-state index in [1.54, 1.807) is 29.2 Å². The number of benzene rings is 2. The number of fused-ring (bicyclic) bond motifs is 1. The molecule has 2 aliphatic heterocycles. The van der Waals surface area contributed by atoms with E-state index in [1.807, 2.05) is 18.2 Å². The van der Waals surface area contributed by atoms with Crippen LogP contribution in [0.1, 0.15) is 27.9 Å². The summed E-state index contributed by atoms with van der Waals surface area (Å²) >= 11 is 0. The van der Waals surface area contributed by atoms with Crippen molar-refractivity contribution < 1.29 is 14.4 Å². The van der Waals surface area contributed by atoms with Crippen molar-refractivity contribution >= 4 is 29.2 Å². The standard InChI is InChI=1S/C20H20N4O3/c21-16-7-2-8-17-15(16)6-3-9-23(17)19(26)14-5-1-4-13(10-14)12-24-18(25)11-22-20(24)27/h1-2,4-5,7-8,10H,3,6,9,11-12,21H2,(H,22,27). The highest BCUT2D eigenvalue weighted by atomic mass is 16.2. The molecular weight excluding hydrogens is 344 g/mol. The molecule has 138 valence electrons. The maximum Gasteiger partial charge on any atom is 0.324 e. The number of carbonyl (C=O) groups excluding carboxylic acids is 3. The molecule has 2 aromatic rings. The first-order valence-corrected chi connectivity index (χ1v) is 8.91. The van der Waals surface area contributed by atoms with Gasteiger partial charge in [0.2, 0.25) is 5.91 Å². The van der Waals surface area contributed by atoms with E-state index in [0.29, 0.717) is 17.8 Å². The number of urea groups is 1. The molecule has 4 rings (SSSR count). The minimum Gasteiger partial charge on any atom is -0.398 e. The van der Waals surface area contributed by atoms with E-state index < -0.39 is 6.03 Å². The predicted molar refractivity (Wildman–Crippen MR) is 101 cm³/mol. The maximum atomic E-state index is 13.1. The molecule has 0 aliphatic carbocycles. The number of rotatable bonds is 3. The Labute approximate surface area is 156 Å². The normalized spacial score (nSPS) is 16.3. The zero-order valence-electron chi connectivity index (χ0n) is 14.8. The second-order valence-corrected chi connectivity index (χ2v) is 6.74. The molecule has 0 unspecified atom stereocenters. The average Bonchev–Trinajstić information content (AvgIpc) is 3.00. The molecule has 7 nitrogen and oxygen atoms in total. The summed E-state index contributed by atoms with van der Waals surface area (Å²) in [6.07, 6.45) is 1.72. The van der Waals surface area contributed by atoms with Gasteiger partial charge in [0.15, 0.2) is 0 Å². The predicted octanol–water partition coefficient (Wildman–Crippen LogP) is 1.91. The molecule has 0 saturated carbocycles. The van der Waals surface area contributed by atoms with Gasteiger partial charge in [-0.2, -0.15) is 0 Å². The van der Waals surface area contributed by atoms with Crippen LogP contribution in [-0.4, -0.2) is 35.8 Å². The first kappa shape index (κ1) is 17.1. The molecule has 1 fully saturated rings. The van der Waals surface area contributed by atoms with Crippen molar-refractivity contribution in [2.75, 3.05) is 23.7 Å². The van der Waals surface area contributed by atoms with E-state index in [-0.39, 0.29) is 24.9 Å². The molecule has 2 aromatic carbocycles. The first-order valence-electron chi connectivity index (χ1n) is 8.91. The van der Waals surface area contributed by atoms with Gasteiger partial charge < -0.3 is 16.0 Å². The number of nitrogens with zero attached hydrogens (tertiary/aromatic N) is 2. The summed E-state index contributed by atoms with van der Waals surface area (Å²) in [5, 5.41) is 2.50. The Bertz CT molecular complexity index is 925. The van der Waals surface area contributed by atoms with Crippen molar-refractivity contribution in [2.24, 2.45) is 0 Å². The fourth-order valence-electron chi connectivity index (χ4n) is 3.62. The Balaban J connectivity index is 1.60. The number of imide groups is 1. The van der Waals surface area contributed by atoms with Crippen LogP contribution in [0.25, 0.3) is 0 Å². The fourth-order valence-corrected chi connectivity index (χ4v) is 3.62. The summed E-state index contributed by atoms with van der Waals surface area (Å²) in [5.74, 6) is -0.377. The molecular formula is C20H20N4O3. The van der Waals surface area contributed by atoms with Crippen molar-refractivity contribution in [1.29, 1.82) is 0 Å². The summed E-state index contributed by atoms with van der Waals surface area (Å²) in [6, 6.07) is 12.3. The lowest BCUT2D eigenvalue weighted by molar-refractivity contribution is -0.125. The third-order valence-corrected chi connectivity index (χ3v) is 4.98. The van der Waals surface area contributed by atoms with Gasteiger partial charge in [0.25, 0.3) is 5.91 Å². The van der Waals surface area contributed by atoms with E-state index >= 15 is 0 Å². The smallest absolute Gasteiger partial charge is 0.324 e. The number of anilines is 2. The third kappa shape index (κ3) is 3.12. The number of carbonyl (C=O) groups is 3. The minimum atomic E-state index is -0.405. The third-order valence-electron chi connectivity index (χ3n) is 4.98. The molecule has 0 radical (unpaired) electrons. The zero-order chi connectivity index (χ0) is 19.0. The summed E-state index contributed by atoms with van der Waals surface area (Å²) in [4.78, 5) is 39.5. The molecule has 2 heterocycles. The topological polar surface area (TPSA) is 95.7 Å². The van der Waals surface area contributed by atoms with Crippen molar-refractivity contribution in [3.8, 4) is 0 Å². The van der Waals surface area contributed by atoms with Gasteiger partial charge in [-0.05, 0) is 48.2 Å². The van der Waals surface area contributed by atoms with Crippen LogP contribution < -0.4 is 16.0 Å². The van der Waals surface area contributed by atoms with Gasteiger partial charge in [-0.1, -0.05) is 18.2 Å². The Morgan fingerprint density at radius 1 is 1.15 bits per heavy atom. The summed E-state index contributed by atoms with van der Waals surface area (Å²) in [5.41, 5.74) is 9.89. The molecule has 0 spiro atoms. The summed E-state index contributed by atoms with van der Waals surface area (Å²) < 4.78 is 0.